The summed E-state index contributed by atoms with van der Waals surface area (Å²) in [5, 5.41) is 0. The van der Waals surface area contributed by atoms with Crippen LogP contribution in [0.4, 0.5) is 0 Å². The molecular weight excluding hydrogens is 131 g/mol. The molecular formula is C10H21B. The van der Waals surface area contributed by atoms with Gasteiger partial charge >= 0.3 is 0 Å². The minimum atomic E-state index is 0.723. The molecule has 1 heteroatoms. The molecule has 0 nitrogen and oxygen atoms in total. The lowest BCUT2D eigenvalue weighted by Gasteiger charge is -1.94. The highest BCUT2D eigenvalue weighted by Crippen LogP contribution is 2.02. The summed E-state index contributed by atoms with van der Waals surface area (Å²) in [6.45, 7) is 7.43. The van der Waals surface area contributed by atoms with Crippen molar-refractivity contribution in [3.8, 4) is 0 Å². The van der Waals surface area contributed by atoms with Crippen molar-refractivity contribution in [2.45, 2.75) is 52.7 Å². The fraction of sp³-hybridized carbons (Fsp3) is 0.800. The molecule has 0 unspecified atom stereocenters. The third kappa shape index (κ3) is 9.80. The van der Waals surface area contributed by atoms with Gasteiger partial charge in [-0.25, -0.2) is 0 Å². The highest BCUT2D eigenvalue weighted by molar-refractivity contribution is 6.61. The Bertz CT molecular complexity index is 95.0. The molecule has 0 atom stereocenters. The van der Waals surface area contributed by atoms with Gasteiger partial charge in [0.25, 0.3) is 0 Å². The summed E-state index contributed by atoms with van der Waals surface area (Å²) in [5.74, 6) is 2.30. The summed E-state index contributed by atoms with van der Waals surface area (Å²) < 4.78 is 0. The van der Waals surface area contributed by atoms with Gasteiger partial charge in [0.15, 0.2) is 6.71 Å². The second kappa shape index (κ2) is 7.91. The zero-order chi connectivity index (χ0) is 8.53. The molecule has 0 fully saturated rings. The lowest BCUT2D eigenvalue weighted by Crippen LogP contribution is -1.91. The van der Waals surface area contributed by atoms with Gasteiger partial charge < -0.3 is 0 Å². The molecule has 0 aromatic rings. The third-order valence-corrected chi connectivity index (χ3v) is 1.75. The van der Waals surface area contributed by atoms with Crippen LogP contribution in [-0.2, 0) is 0 Å². The second-order valence-corrected chi connectivity index (χ2v) is 3.52. The summed E-state index contributed by atoms with van der Waals surface area (Å²) in [7, 11) is 0. The van der Waals surface area contributed by atoms with Crippen LogP contribution in [-0.4, -0.2) is 6.71 Å². The van der Waals surface area contributed by atoms with Gasteiger partial charge in [0.1, 0.15) is 0 Å². The van der Waals surface area contributed by atoms with Crippen molar-refractivity contribution in [1.29, 1.82) is 0 Å². The molecule has 0 aliphatic rings. The van der Waals surface area contributed by atoms with Gasteiger partial charge in [-0.15, -0.1) is 5.98 Å². The van der Waals surface area contributed by atoms with E-state index in [4.69, 9.17) is 0 Å². The monoisotopic (exact) mass is 152 g/mol. The first-order valence-corrected chi connectivity index (χ1v) is 4.94. The van der Waals surface area contributed by atoms with Crippen molar-refractivity contribution in [3.05, 3.63) is 12.1 Å². The van der Waals surface area contributed by atoms with E-state index in [2.05, 4.69) is 32.6 Å². The van der Waals surface area contributed by atoms with Crippen molar-refractivity contribution >= 4 is 6.71 Å². The zero-order valence-electron chi connectivity index (χ0n) is 8.27. The molecule has 0 amide bonds. The van der Waals surface area contributed by atoms with Crippen LogP contribution in [0.5, 0.6) is 0 Å². The summed E-state index contributed by atoms with van der Waals surface area (Å²) in [5.41, 5.74) is 0. The molecule has 11 heavy (non-hydrogen) atoms. The number of unbranched alkanes of at least 4 members (excludes halogenated alkanes) is 4. The first-order valence-electron chi connectivity index (χ1n) is 4.94. The van der Waals surface area contributed by atoms with Gasteiger partial charge in [-0.3, -0.25) is 0 Å². The summed E-state index contributed by atoms with van der Waals surface area (Å²) in [4.78, 5) is 0. The van der Waals surface area contributed by atoms with E-state index in [1.165, 1.54) is 32.1 Å². The maximum atomic E-state index is 2.32. The molecule has 0 bridgehead atoms. The average Bonchev–Trinajstić information content (AvgIpc) is 1.96. The predicted octanol–water partition coefficient (Wildman–Crippen LogP) is 3.81. The minimum absolute atomic E-state index is 0.723. The van der Waals surface area contributed by atoms with Gasteiger partial charge in [0.2, 0.25) is 0 Å². The largest absolute Gasteiger partial charge is 0.159 e. The third-order valence-electron chi connectivity index (χ3n) is 1.75. The Balaban J connectivity index is 3.01. The number of hydrogen-bond acceptors (Lipinski definition) is 0. The fourth-order valence-electron chi connectivity index (χ4n) is 1.06. The van der Waals surface area contributed by atoms with E-state index in [1.54, 1.807) is 0 Å². The van der Waals surface area contributed by atoms with Gasteiger partial charge in [-0.05, 0) is 12.8 Å². The van der Waals surface area contributed by atoms with Crippen LogP contribution < -0.4 is 0 Å². The molecule has 0 saturated carbocycles. The van der Waals surface area contributed by atoms with Crippen LogP contribution in [0.15, 0.2) is 12.1 Å². The van der Waals surface area contributed by atoms with Gasteiger partial charge in [-0.2, -0.15) is 0 Å². The maximum absolute atomic E-state index is 2.32. The Morgan fingerprint density at radius 3 is 2.36 bits per heavy atom. The van der Waals surface area contributed by atoms with Crippen LogP contribution >= 0.6 is 0 Å². The van der Waals surface area contributed by atoms with Gasteiger partial charge in [0.05, 0.1) is 0 Å². The first-order chi connectivity index (χ1) is 5.27. The Morgan fingerprint density at radius 2 is 1.82 bits per heavy atom. The van der Waals surface area contributed by atoms with Crippen LogP contribution in [0, 0.1) is 0 Å². The van der Waals surface area contributed by atoms with E-state index in [1.807, 2.05) is 0 Å². The lowest BCUT2D eigenvalue weighted by atomic mass is 9.55. The van der Waals surface area contributed by atoms with Gasteiger partial charge in [0, 0.05) is 0 Å². The smallest absolute Gasteiger partial charge is 0.120 e. The standard InChI is InChI=1S/C10H21B/c1-4-5-6-7-8-9-10-11(2)3/h9-10H,4-8H2,1-3H3/b10-9+. The second-order valence-electron chi connectivity index (χ2n) is 3.52. The molecule has 0 N–H and O–H groups in total. The fourth-order valence-corrected chi connectivity index (χ4v) is 1.06. The number of allylic oxidation sites excluding steroid dienone is 1. The Labute approximate surface area is 72.2 Å². The van der Waals surface area contributed by atoms with Crippen molar-refractivity contribution in [2.24, 2.45) is 0 Å². The minimum Gasteiger partial charge on any atom is -0.120 e. The quantitative estimate of drug-likeness (QED) is 0.401. The lowest BCUT2D eigenvalue weighted by molar-refractivity contribution is 0.674. The maximum Gasteiger partial charge on any atom is 0.159 e. The van der Waals surface area contributed by atoms with Crippen LogP contribution in [0.25, 0.3) is 0 Å². The molecule has 0 spiro atoms. The molecule has 0 rings (SSSR count). The van der Waals surface area contributed by atoms with E-state index >= 15 is 0 Å². The molecule has 64 valence electrons. The van der Waals surface area contributed by atoms with Crippen molar-refractivity contribution in [2.75, 3.05) is 0 Å². The molecule has 0 aliphatic carbocycles. The van der Waals surface area contributed by atoms with Crippen LogP contribution in [0.2, 0.25) is 13.6 Å². The van der Waals surface area contributed by atoms with Crippen molar-refractivity contribution < 1.29 is 0 Å². The van der Waals surface area contributed by atoms with E-state index < -0.39 is 0 Å². The number of rotatable bonds is 6. The van der Waals surface area contributed by atoms with Crippen LogP contribution in [0.1, 0.15) is 39.0 Å². The first kappa shape index (κ1) is 10.8. The predicted molar refractivity (Wildman–Crippen MR) is 55.4 cm³/mol. The van der Waals surface area contributed by atoms with E-state index in [-0.39, 0.29) is 0 Å². The average molecular weight is 152 g/mol. The van der Waals surface area contributed by atoms with Crippen LogP contribution in [0.3, 0.4) is 0 Å². The molecule has 0 radical (unpaired) electrons. The van der Waals surface area contributed by atoms with E-state index in [0.29, 0.717) is 0 Å². The summed E-state index contributed by atoms with van der Waals surface area (Å²) in [6, 6.07) is 0. The highest BCUT2D eigenvalue weighted by Gasteiger charge is 1.88. The summed E-state index contributed by atoms with van der Waals surface area (Å²) in [6.07, 6.45) is 9.11. The Hall–Kier alpha value is -0.195. The summed E-state index contributed by atoms with van der Waals surface area (Å²) >= 11 is 0. The topological polar surface area (TPSA) is 0 Å². The normalized spacial score (nSPS) is 10.8. The SMILES string of the molecule is CCCCCC/C=C/B(C)C. The molecule has 0 saturated heterocycles. The van der Waals surface area contributed by atoms with Crippen molar-refractivity contribution in [1.82, 2.24) is 0 Å². The van der Waals surface area contributed by atoms with E-state index in [0.717, 1.165) is 6.71 Å². The zero-order valence-corrected chi connectivity index (χ0v) is 8.27. The van der Waals surface area contributed by atoms with Crippen molar-refractivity contribution in [3.63, 3.8) is 0 Å². The number of hydrogen-bond donors (Lipinski definition) is 0. The Morgan fingerprint density at radius 1 is 1.09 bits per heavy atom. The molecule has 0 aromatic carbocycles. The molecule has 0 aliphatic heterocycles. The molecule has 0 heterocycles. The highest BCUT2D eigenvalue weighted by atomic mass is 13.9. The van der Waals surface area contributed by atoms with Gasteiger partial charge in [-0.1, -0.05) is 45.9 Å². The molecule has 0 aromatic heterocycles. The Kier molecular flexibility index (Phi) is 7.77. The van der Waals surface area contributed by atoms with E-state index in [9.17, 15) is 0 Å².